The van der Waals surface area contributed by atoms with Gasteiger partial charge in [-0.2, -0.15) is 0 Å². The number of aryl methyl sites for hydroxylation is 2. The van der Waals surface area contributed by atoms with Crippen molar-refractivity contribution < 1.29 is 14.3 Å². The summed E-state index contributed by atoms with van der Waals surface area (Å²) < 4.78 is 16.0. The van der Waals surface area contributed by atoms with E-state index in [0.29, 0.717) is 23.4 Å². The van der Waals surface area contributed by atoms with Gasteiger partial charge in [0, 0.05) is 35.6 Å². The van der Waals surface area contributed by atoms with E-state index in [-0.39, 0.29) is 23.4 Å². The highest BCUT2D eigenvalue weighted by Crippen LogP contribution is 2.21. The standard InChI is InChI=1S/C22H22ClFN2O4/c1-22(2,3)20(29)15-12-26-10-9-25(21(30)17(26)19(28)18(15)27)8-4-5-13-11-14(24)6-7-16(13)23/h6-7,9-12,28H,4-5,8H2,1-3H3. The van der Waals surface area contributed by atoms with Crippen LogP contribution >= 0.6 is 11.6 Å². The first-order valence-electron chi connectivity index (χ1n) is 9.47. The number of hydrogen-bond donors (Lipinski definition) is 1. The number of aromatic nitrogens is 2. The van der Waals surface area contributed by atoms with Crippen LogP contribution in [0.2, 0.25) is 5.02 Å². The largest absolute Gasteiger partial charge is 0.503 e. The molecule has 30 heavy (non-hydrogen) atoms. The summed E-state index contributed by atoms with van der Waals surface area (Å²) in [6.45, 7) is 5.29. The van der Waals surface area contributed by atoms with Crippen LogP contribution in [0.25, 0.3) is 5.52 Å². The Morgan fingerprint density at radius 2 is 1.90 bits per heavy atom. The van der Waals surface area contributed by atoms with Crippen LogP contribution in [0, 0.1) is 11.2 Å². The highest BCUT2D eigenvalue weighted by atomic mass is 35.5. The number of carbonyl (C=O) groups excluding carboxylic acids is 1. The Bertz CT molecular complexity index is 1250. The molecule has 8 heteroatoms. The Kier molecular flexibility index (Phi) is 5.85. The van der Waals surface area contributed by atoms with Gasteiger partial charge in [0.2, 0.25) is 5.43 Å². The molecular weight excluding hydrogens is 411 g/mol. The molecule has 6 nitrogen and oxygen atoms in total. The minimum atomic E-state index is -0.865. The zero-order valence-electron chi connectivity index (χ0n) is 16.9. The van der Waals surface area contributed by atoms with Crippen LogP contribution in [-0.4, -0.2) is 19.9 Å². The van der Waals surface area contributed by atoms with E-state index in [1.807, 2.05) is 0 Å². The third-order valence-electron chi connectivity index (χ3n) is 4.86. The van der Waals surface area contributed by atoms with E-state index in [1.165, 1.54) is 45.8 Å². The minimum Gasteiger partial charge on any atom is -0.503 e. The molecule has 0 unspecified atom stereocenters. The minimum absolute atomic E-state index is 0.171. The summed E-state index contributed by atoms with van der Waals surface area (Å²) in [7, 11) is 0. The second-order valence-electron chi connectivity index (χ2n) is 8.19. The first-order valence-corrected chi connectivity index (χ1v) is 9.84. The maximum Gasteiger partial charge on any atom is 0.278 e. The van der Waals surface area contributed by atoms with Crippen molar-refractivity contribution in [3.63, 3.8) is 0 Å². The fraction of sp³-hybridized carbons (Fsp3) is 0.318. The summed E-state index contributed by atoms with van der Waals surface area (Å²) in [6, 6.07) is 4.11. The van der Waals surface area contributed by atoms with Gasteiger partial charge in [-0.05, 0) is 36.6 Å². The average Bonchev–Trinajstić information content (AvgIpc) is 2.67. The highest BCUT2D eigenvalue weighted by Gasteiger charge is 2.27. The quantitative estimate of drug-likeness (QED) is 0.621. The Morgan fingerprint density at radius 1 is 1.20 bits per heavy atom. The van der Waals surface area contributed by atoms with E-state index < -0.39 is 27.9 Å². The van der Waals surface area contributed by atoms with Crippen molar-refractivity contribution in [2.24, 2.45) is 5.41 Å². The van der Waals surface area contributed by atoms with Gasteiger partial charge in [0.1, 0.15) is 5.82 Å². The molecule has 1 N–H and O–H groups in total. The van der Waals surface area contributed by atoms with E-state index in [0.717, 1.165) is 0 Å². The Labute approximate surface area is 177 Å². The molecule has 0 aliphatic heterocycles. The number of halogens is 2. The molecule has 0 radical (unpaired) electrons. The summed E-state index contributed by atoms with van der Waals surface area (Å²) in [4.78, 5) is 37.9. The fourth-order valence-corrected chi connectivity index (χ4v) is 3.43. The number of fused-ring (bicyclic) bond motifs is 1. The number of aromatic hydroxyl groups is 1. The van der Waals surface area contributed by atoms with Gasteiger partial charge in [-0.25, -0.2) is 4.39 Å². The van der Waals surface area contributed by atoms with E-state index in [2.05, 4.69) is 0 Å². The molecule has 0 fully saturated rings. The molecule has 0 saturated heterocycles. The van der Waals surface area contributed by atoms with Crippen LogP contribution in [0.4, 0.5) is 4.39 Å². The fourth-order valence-electron chi connectivity index (χ4n) is 3.22. The van der Waals surface area contributed by atoms with Crippen molar-refractivity contribution in [3.05, 3.63) is 79.3 Å². The van der Waals surface area contributed by atoms with E-state index in [4.69, 9.17) is 11.6 Å². The number of benzene rings is 1. The maximum atomic E-state index is 13.4. The normalized spacial score (nSPS) is 11.8. The van der Waals surface area contributed by atoms with Crippen LogP contribution in [0.3, 0.4) is 0 Å². The third-order valence-corrected chi connectivity index (χ3v) is 5.23. The molecule has 158 valence electrons. The van der Waals surface area contributed by atoms with Gasteiger partial charge in [0.25, 0.3) is 5.56 Å². The van der Waals surface area contributed by atoms with Crippen LogP contribution < -0.4 is 11.0 Å². The summed E-state index contributed by atoms with van der Waals surface area (Å²) >= 11 is 6.06. The summed E-state index contributed by atoms with van der Waals surface area (Å²) in [6.07, 6.45) is 5.24. The average molecular weight is 433 g/mol. The molecule has 1 aromatic carbocycles. The van der Waals surface area contributed by atoms with Crippen LogP contribution in [0.15, 0.2) is 46.4 Å². The van der Waals surface area contributed by atoms with Crippen molar-refractivity contribution in [1.29, 1.82) is 0 Å². The lowest BCUT2D eigenvalue weighted by atomic mass is 9.87. The number of Topliss-reactive ketones (excluding diaryl/α,β-unsaturated/α-hetero) is 1. The summed E-state index contributed by atoms with van der Waals surface area (Å²) in [5.41, 5.74) is -1.97. The topological polar surface area (TPSA) is 80.8 Å². The van der Waals surface area contributed by atoms with Crippen LogP contribution in [0.5, 0.6) is 5.75 Å². The van der Waals surface area contributed by atoms with Gasteiger partial charge < -0.3 is 14.1 Å². The molecule has 0 amide bonds. The zero-order valence-corrected chi connectivity index (χ0v) is 17.7. The zero-order chi connectivity index (χ0) is 22.2. The van der Waals surface area contributed by atoms with Crippen molar-refractivity contribution in [2.45, 2.75) is 40.2 Å². The van der Waals surface area contributed by atoms with E-state index in [1.54, 1.807) is 20.8 Å². The molecule has 0 bridgehead atoms. The lowest BCUT2D eigenvalue weighted by molar-refractivity contribution is 0.0856. The molecular formula is C22H22ClFN2O4. The number of rotatable bonds is 5. The van der Waals surface area contributed by atoms with Crippen LogP contribution in [-0.2, 0) is 13.0 Å². The number of hydrogen-bond acceptors (Lipinski definition) is 4. The summed E-state index contributed by atoms with van der Waals surface area (Å²) in [5, 5.41) is 10.8. The second-order valence-corrected chi connectivity index (χ2v) is 8.60. The molecule has 2 heterocycles. The SMILES string of the molecule is CC(C)(C)C(=O)c1cn2ccn(CCCc3cc(F)ccc3Cl)c(=O)c2c(O)c1=O. The maximum absolute atomic E-state index is 13.4. The molecule has 0 aliphatic carbocycles. The van der Waals surface area contributed by atoms with Gasteiger partial charge >= 0.3 is 0 Å². The van der Waals surface area contributed by atoms with Crippen molar-refractivity contribution in [2.75, 3.05) is 0 Å². The predicted octanol–water partition coefficient (Wildman–Crippen LogP) is 3.82. The third kappa shape index (κ3) is 4.16. The van der Waals surface area contributed by atoms with Crippen LogP contribution in [0.1, 0.15) is 43.1 Å². The number of ketones is 1. The first-order chi connectivity index (χ1) is 14.0. The Hall–Kier alpha value is -2.93. The molecule has 3 aromatic rings. The second kappa shape index (κ2) is 8.07. The van der Waals surface area contributed by atoms with Gasteiger partial charge in [0.15, 0.2) is 17.0 Å². The van der Waals surface area contributed by atoms with Gasteiger partial charge in [0.05, 0.1) is 5.56 Å². The number of carbonyl (C=O) groups is 1. The molecule has 2 aromatic heterocycles. The number of pyridine rings is 1. The first kappa shape index (κ1) is 21.8. The monoisotopic (exact) mass is 432 g/mol. The Morgan fingerprint density at radius 3 is 2.57 bits per heavy atom. The molecule has 0 atom stereocenters. The molecule has 3 rings (SSSR count). The lowest BCUT2D eigenvalue weighted by Gasteiger charge is -2.17. The number of nitrogens with zero attached hydrogens (tertiary/aromatic N) is 2. The molecule has 0 aliphatic rings. The Balaban J connectivity index is 1.93. The smallest absolute Gasteiger partial charge is 0.278 e. The van der Waals surface area contributed by atoms with Gasteiger partial charge in [-0.3, -0.25) is 14.4 Å². The van der Waals surface area contributed by atoms with Gasteiger partial charge in [-0.1, -0.05) is 32.4 Å². The van der Waals surface area contributed by atoms with Crippen molar-refractivity contribution in [1.82, 2.24) is 8.97 Å². The predicted molar refractivity (Wildman–Crippen MR) is 113 cm³/mol. The highest BCUT2D eigenvalue weighted by molar-refractivity contribution is 6.31. The molecule has 0 spiro atoms. The van der Waals surface area contributed by atoms with E-state index in [9.17, 15) is 23.9 Å². The van der Waals surface area contributed by atoms with E-state index >= 15 is 0 Å². The van der Waals surface area contributed by atoms with Crippen molar-refractivity contribution >= 4 is 22.9 Å². The van der Waals surface area contributed by atoms with Crippen molar-refractivity contribution in [3.8, 4) is 5.75 Å². The summed E-state index contributed by atoms with van der Waals surface area (Å²) in [5.74, 6) is -1.56. The lowest BCUT2D eigenvalue weighted by Crippen LogP contribution is -2.29. The van der Waals surface area contributed by atoms with Gasteiger partial charge in [-0.15, -0.1) is 0 Å². The molecule has 0 saturated carbocycles.